The van der Waals surface area contributed by atoms with Crippen LogP contribution in [0, 0.1) is 12.8 Å². The van der Waals surface area contributed by atoms with Crippen LogP contribution in [-0.4, -0.2) is 33.9 Å². The Morgan fingerprint density at radius 2 is 1.71 bits per heavy atom. The van der Waals surface area contributed by atoms with Gasteiger partial charge < -0.3 is 15.0 Å². The molecule has 0 aliphatic rings. The zero-order valence-corrected chi connectivity index (χ0v) is 23.9. The van der Waals surface area contributed by atoms with Gasteiger partial charge in [-0.15, -0.1) is 0 Å². The number of benzene rings is 3. The largest absolute Gasteiger partial charge is 0.481 e. The van der Waals surface area contributed by atoms with Crippen molar-refractivity contribution in [3.8, 4) is 5.69 Å². The molecule has 10 heteroatoms. The van der Waals surface area contributed by atoms with Gasteiger partial charge in [0.15, 0.2) is 5.78 Å². The molecule has 2 N–H and O–H groups in total. The molecule has 220 valence electrons. The molecule has 6 nitrogen and oxygen atoms in total. The number of nitrogens with zero attached hydrogens (tertiary/aromatic N) is 1. The average molecular weight is 599 g/mol. The van der Waals surface area contributed by atoms with E-state index in [4.69, 9.17) is 16.7 Å². The number of Topliss-reactive ketones (excluding diaryl/α,β-unsaturated/α-hetero) is 1. The fraction of sp³-hybridized carbons (Fsp3) is 0.281. The molecule has 0 radical (unpaired) electrons. The van der Waals surface area contributed by atoms with Crippen molar-refractivity contribution < 1.29 is 32.7 Å². The summed E-state index contributed by atoms with van der Waals surface area (Å²) in [6.45, 7) is 3.36. The number of amides is 1. The van der Waals surface area contributed by atoms with Crippen molar-refractivity contribution in [2.24, 2.45) is 5.92 Å². The van der Waals surface area contributed by atoms with Crippen molar-refractivity contribution in [1.29, 1.82) is 0 Å². The number of aryl methyl sites for hydroxylation is 1. The van der Waals surface area contributed by atoms with Crippen molar-refractivity contribution in [3.63, 3.8) is 0 Å². The second kappa shape index (κ2) is 12.8. The number of nitrogens with one attached hydrogen (secondary N) is 1. The van der Waals surface area contributed by atoms with E-state index in [1.165, 1.54) is 13.0 Å². The molecular formula is C32H30ClF3N2O4. The highest BCUT2D eigenvalue weighted by Gasteiger charge is 2.33. The molecule has 0 aliphatic heterocycles. The van der Waals surface area contributed by atoms with Crippen LogP contribution < -0.4 is 5.32 Å². The Balaban J connectivity index is 1.68. The Hall–Kier alpha value is -4.11. The van der Waals surface area contributed by atoms with E-state index in [0.29, 0.717) is 40.8 Å². The Kier molecular flexibility index (Phi) is 9.41. The number of rotatable bonds is 11. The average Bonchev–Trinajstić information content (AvgIpc) is 3.30. The Labute approximate surface area is 246 Å². The molecule has 3 aromatic carbocycles. The molecule has 0 fully saturated rings. The summed E-state index contributed by atoms with van der Waals surface area (Å²) >= 11 is 6.21. The molecule has 42 heavy (non-hydrogen) atoms. The summed E-state index contributed by atoms with van der Waals surface area (Å²) in [4.78, 5) is 37.1. The normalized spacial score (nSPS) is 12.3. The first-order chi connectivity index (χ1) is 19.9. The van der Waals surface area contributed by atoms with E-state index < -0.39 is 29.5 Å². The number of carbonyl (C=O) groups is 3. The van der Waals surface area contributed by atoms with E-state index in [0.717, 1.165) is 11.6 Å². The number of alkyl halides is 3. The predicted octanol–water partition coefficient (Wildman–Crippen LogP) is 7.66. The summed E-state index contributed by atoms with van der Waals surface area (Å²) in [5.41, 5.74) is 1.53. The third-order valence-electron chi connectivity index (χ3n) is 7.13. The van der Waals surface area contributed by atoms with Gasteiger partial charge in [-0.1, -0.05) is 43.1 Å². The number of carbonyl (C=O) groups excluding carboxylic acids is 2. The molecule has 1 atom stereocenters. The minimum absolute atomic E-state index is 0.00759. The van der Waals surface area contributed by atoms with Gasteiger partial charge >= 0.3 is 12.1 Å². The van der Waals surface area contributed by atoms with Gasteiger partial charge in [-0.2, -0.15) is 13.2 Å². The van der Waals surface area contributed by atoms with Gasteiger partial charge in [0.1, 0.15) is 0 Å². The van der Waals surface area contributed by atoms with Crippen LogP contribution in [0.3, 0.4) is 0 Å². The first-order valence-electron chi connectivity index (χ1n) is 13.5. The Morgan fingerprint density at radius 3 is 2.36 bits per heavy atom. The Bertz CT molecular complexity index is 1630. The van der Waals surface area contributed by atoms with Crippen LogP contribution in [0.15, 0.2) is 66.7 Å². The van der Waals surface area contributed by atoms with E-state index >= 15 is 0 Å². The van der Waals surface area contributed by atoms with Gasteiger partial charge in [-0.3, -0.25) is 14.4 Å². The van der Waals surface area contributed by atoms with Gasteiger partial charge in [-0.05, 0) is 79.4 Å². The lowest BCUT2D eigenvalue weighted by Gasteiger charge is -2.19. The third-order valence-corrected chi connectivity index (χ3v) is 7.37. The molecular weight excluding hydrogens is 569 g/mol. The predicted molar refractivity (Wildman–Crippen MR) is 155 cm³/mol. The summed E-state index contributed by atoms with van der Waals surface area (Å²) < 4.78 is 43.0. The molecule has 0 aliphatic carbocycles. The molecule has 1 unspecified atom stereocenters. The van der Waals surface area contributed by atoms with Crippen LogP contribution >= 0.6 is 11.6 Å². The van der Waals surface area contributed by atoms with Gasteiger partial charge in [0.05, 0.1) is 23.2 Å². The van der Waals surface area contributed by atoms with Crippen molar-refractivity contribution >= 4 is 40.2 Å². The molecule has 0 bridgehead atoms. The van der Waals surface area contributed by atoms with Crippen molar-refractivity contribution in [1.82, 2.24) is 9.88 Å². The van der Waals surface area contributed by atoms with E-state index in [1.807, 2.05) is 6.92 Å². The minimum atomic E-state index is -4.55. The van der Waals surface area contributed by atoms with E-state index in [9.17, 15) is 27.6 Å². The second-order valence-corrected chi connectivity index (χ2v) is 10.7. The van der Waals surface area contributed by atoms with Crippen molar-refractivity contribution in [2.45, 2.75) is 45.7 Å². The van der Waals surface area contributed by atoms with E-state index in [2.05, 4.69) is 5.32 Å². The highest BCUT2D eigenvalue weighted by atomic mass is 35.5. The highest BCUT2D eigenvalue weighted by molar-refractivity contribution is 6.31. The lowest BCUT2D eigenvalue weighted by Crippen LogP contribution is -2.26. The van der Waals surface area contributed by atoms with E-state index in [1.54, 1.807) is 59.2 Å². The monoisotopic (exact) mass is 598 g/mol. The number of fused-ring (bicyclic) bond motifs is 1. The van der Waals surface area contributed by atoms with Crippen LogP contribution in [-0.2, 0) is 17.4 Å². The number of hydrogen-bond donors (Lipinski definition) is 2. The molecule has 4 aromatic rings. The van der Waals surface area contributed by atoms with E-state index in [-0.39, 0.29) is 35.7 Å². The van der Waals surface area contributed by atoms with Crippen LogP contribution in [0.2, 0.25) is 5.02 Å². The topological polar surface area (TPSA) is 88.4 Å². The maximum atomic E-state index is 14.1. The zero-order valence-electron chi connectivity index (χ0n) is 23.1. The first kappa shape index (κ1) is 30.8. The zero-order chi connectivity index (χ0) is 30.6. The number of ketones is 1. The highest BCUT2D eigenvalue weighted by Crippen LogP contribution is 2.36. The van der Waals surface area contributed by atoms with Crippen molar-refractivity contribution in [3.05, 3.63) is 99.7 Å². The fourth-order valence-corrected chi connectivity index (χ4v) is 5.23. The number of carboxylic acids is 1. The standard InChI is InChI=1S/C32H30ClF3N2O4/c1-3-4-22(15-20-6-8-21(9-7-20)31(42)37-14-13-29(39)40)30(41)28-17-23-16-24(33)10-12-27(23)38(28)25-11-5-19(2)26(18-25)32(34,35)36/h5-12,16-18,22H,3-4,13-15H2,1-2H3,(H,37,42)(H,39,40). The van der Waals surface area contributed by atoms with Gasteiger partial charge in [0.2, 0.25) is 0 Å². The first-order valence-corrected chi connectivity index (χ1v) is 13.9. The third kappa shape index (κ3) is 7.02. The van der Waals surface area contributed by atoms with Crippen LogP contribution in [0.25, 0.3) is 16.6 Å². The molecule has 4 rings (SSSR count). The number of carboxylic acid groups (broad SMARTS) is 1. The summed E-state index contributed by atoms with van der Waals surface area (Å²) in [6.07, 6.45) is -3.14. The maximum Gasteiger partial charge on any atom is 0.416 e. The molecule has 0 spiro atoms. The molecule has 1 aromatic heterocycles. The van der Waals surface area contributed by atoms with Gasteiger partial charge in [-0.25, -0.2) is 0 Å². The van der Waals surface area contributed by atoms with Crippen LogP contribution in [0.1, 0.15) is 63.7 Å². The van der Waals surface area contributed by atoms with Crippen LogP contribution in [0.5, 0.6) is 0 Å². The summed E-state index contributed by atoms with van der Waals surface area (Å²) in [6, 6.07) is 17.4. The maximum absolute atomic E-state index is 14.1. The van der Waals surface area contributed by atoms with Gasteiger partial charge in [0.25, 0.3) is 5.91 Å². The lowest BCUT2D eigenvalue weighted by molar-refractivity contribution is -0.138. The summed E-state index contributed by atoms with van der Waals surface area (Å²) in [5.74, 6) is -2.10. The Morgan fingerprint density at radius 1 is 1.00 bits per heavy atom. The van der Waals surface area contributed by atoms with Gasteiger partial charge in [0, 0.05) is 34.1 Å². The summed E-state index contributed by atoms with van der Waals surface area (Å²) in [7, 11) is 0. The second-order valence-electron chi connectivity index (χ2n) is 10.2. The smallest absolute Gasteiger partial charge is 0.416 e. The molecule has 0 saturated heterocycles. The quantitative estimate of drug-likeness (QED) is 0.174. The van der Waals surface area contributed by atoms with Crippen molar-refractivity contribution in [2.75, 3.05) is 6.54 Å². The summed E-state index contributed by atoms with van der Waals surface area (Å²) in [5, 5.41) is 12.4. The number of aliphatic carboxylic acids is 1. The molecule has 0 saturated carbocycles. The number of halogens is 4. The number of hydrogen-bond acceptors (Lipinski definition) is 3. The van der Waals surface area contributed by atoms with Crippen LogP contribution in [0.4, 0.5) is 13.2 Å². The molecule has 1 amide bonds. The lowest BCUT2D eigenvalue weighted by atomic mass is 9.89. The minimum Gasteiger partial charge on any atom is -0.481 e. The number of aromatic nitrogens is 1. The molecule has 1 heterocycles. The SMILES string of the molecule is CCCC(Cc1ccc(C(=O)NCCC(=O)O)cc1)C(=O)c1cc2cc(Cl)ccc2n1-c1ccc(C)c(C(F)(F)F)c1. The fourth-order valence-electron chi connectivity index (χ4n) is 5.05.